The van der Waals surface area contributed by atoms with Gasteiger partial charge in [-0.3, -0.25) is 4.79 Å². The molecule has 0 aliphatic carbocycles. The SMILES string of the molecule is CC(=O)c1cc(NC(C)c2ccccc2F)ccc1N. The molecule has 2 aromatic rings. The molecule has 2 aromatic carbocycles. The molecule has 0 heterocycles. The number of halogens is 1. The van der Waals surface area contributed by atoms with Crippen LogP contribution in [-0.2, 0) is 0 Å². The highest BCUT2D eigenvalue weighted by atomic mass is 19.1. The van der Waals surface area contributed by atoms with E-state index in [4.69, 9.17) is 5.73 Å². The van der Waals surface area contributed by atoms with Gasteiger partial charge in [0.1, 0.15) is 5.82 Å². The van der Waals surface area contributed by atoms with Crippen LogP contribution in [0.5, 0.6) is 0 Å². The molecule has 3 N–H and O–H groups in total. The molecule has 0 aliphatic heterocycles. The van der Waals surface area contributed by atoms with Crippen LogP contribution in [0.15, 0.2) is 42.5 Å². The Bertz CT molecular complexity index is 640. The maximum atomic E-state index is 13.7. The average molecular weight is 272 g/mol. The summed E-state index contributed by atoms with van der Waals surface area (Å²) in [5.41, 5.74) is 7.98. The third-order valence-corrected chi connectivity index (χ3v) is 3.19. The third kappa shape index (κ3) is 2.96. The quantitative estimate of drug-likeness (QED) is 0.657. The van der Waals surface area contributed by atoms with Crippen LogP contribution in [0.1, 0.15) is 35.8 Å². The average Bonchev–Trinajstić information content (AvgIpc) is 2.41. The van der Waals surface area contributed by atoms with Gasteiger partial charge in [0.15, 0.2) is 5.78 Å². The van der Waals surface area contributed by atoms with Crippen LogP contribution < -0.4 is 11.1 Å². The van der Waals surface area contributed by atoms with Gasteiger partial charge in [0.25, 0.3) is 0 Å². The van der Waals surface area contributed by atoms with Crippen molar-refractivity contribution in [3.05, 3.63) is 59.4 Å². The number of carbonyl (C=O) groups excluding carboxylic acids is 1. The fourth-order valence-electron chi connectivity index (χ4n) is 2.10. The molecule has 4 heteroatoms. The Balaban J connectivity index is 2.24. The van der Waals surface area contributed by atoms with Gasteiger partial charge < -0.3 is 11.1 Å². The minimum atomic E-state index is -0.255. The van der Waals surface area contributed by atoms with Crippen LogP contribution in [0.4, 0.5) is 15.8 Å². The Morgan fingerprint density at radius 2 is 1.95 bits per heavy atom. The molecular formula is C16H17FN2O. The zero-order valence-corrected chi connectivity index (χ0v) is 11.5. The van der Waals surface area contributed by atoms with E-state index >= 15 is 0 Å². The van der Waals surface area contributed by atoms with Gasteiger partial charge in [-0.15, -0.1) is 0 Å². The second-order valence-corrected chi connectivity index (χ2v) is 4.75. The summed E-state index contributed by atoms with van der Waals surface area (Å²) >= 11 is 0. The Labute approximate surface area is 117 Å². The summed E-state index contributed by atoms with van der Waals surface area (Å²) in [5.74, 6) is -0.348. The molecule has 0 radical (unpaired) electrons. The monoisotopic (exact) mass is 272 g/mol. The number of Topliss-reactive ketones (excluding diaryl/α,β-unsaturated/α-hetero) is 1. The van der Waals surface area contributed by atoms with Gasteiger partial charge in [0.05, 0.1) is 6.04 Å². The number of nitrogen functional groups attached to an aromatic ring is 1. The second-order valence-electron chi connectivity index (χ2n) is 4.75. The van der Waals surface area contributed by atoms with Crippen LogP contribution in [0, 0.1) is 5.82 Å². The summed E-state index contributed by atoms with van der Waals surface area (Å²) in [6.07, 6.45) is 0. The van der Waals surface area contributed by atoms with Gasteiger partial charge in [0, 0.05) is 22.5 Å². The molecule has 1 unspecified atom stereocenters. The minimum Gasteiger partial charge on any atom is -0.398 e. The molecule has 2 rings (SSSR count). The molecule has 3 nitrogen and oxygen atoms in total. The molecule has 0 fully saturated rings. The standard InChI is InChI=1S/C16H17FN2O/c1-10(13-5-3-4-6-15(13)17)19-12-7-8-16(18)14(9-12)11(2)20/h3-10,19H,18H2,1-2H3. The van der Waals surface area contributed by atoms with Gasteiger partial charge >= 0.3 is 0 Å². The number of carbonyl (C=O) groups is 1. The predicted octanol–water partition coefficient (Wildman–Crippen LogP) is 3.78. The molecule has 0 saturated carbocycles. The first-order valence-corrected chi connectivity index (χ1v) is 6.40. The van der Waals surface area contributed by atoms with Crippen LogP contribution in [0.25, 0.3) is 0 Å². The number of hydrogen-bond acceptors (Lipinski definition) is 3. The van der Waals surface area contributed by atoms with Crippen LogP contribution >= 0.6 is 0 Å². The van der Waals surface area contributed by atoms with Gasteiger partial charge in [-0.05, 0) is 38.1 Å². The molecule has 0 aliphatic rings. The van der Waals surface area contributed by atoms with Crippen molar-refractivity contribution in [2.24, 2.45) is 0 Å². The van der Waals surface area contributed by atoms with Crippen molar-refractivity contribution in [2.75, 3.05) is 11.1 Å². The van der Waals surface area contributed by atoms with Crippen molar-refractivity contribution < 1.29 is 9.18 Å². The first kappa shape index (κ1) is 14.1. The highest BCUT2D eigenvalue weighted by Crippen LogP contribution is 2.24. The Kier molecular flexibility index (Phi) is 4.03. The zero-order chi connectivity index (χ0) is 14.7. The normalized spacial score (nSPS) is 11.9. The van der Waals surface area contributed by atoms with Crippen molar-refractivity contribution in [3.8, 4) is 0 Å². The van der Waals surface area contributed by atoms with Crippen molar-refractivity contribution in [1.82, 2.24) is 0 Å². The van der Waals surface area contributed by atoms with E-state index < -0.39 is 0 Å². The lowest BCUT2D eigenvalue weighted by Crippen LogP contribution is -2.09. The first-order valence-electron chi connectivity index (χ1n) is 6.40. The molecule has 0 bridgehead atoms. The van der Waals surface area contributed by atoms with Crippen LogP contribution in [0.2, 0.25) is 0 Å². The first-order chi connectivity index (χ1) is 9.49. The van der Waals surface area contributed by atoms with Crippen LogP contribution in [-0.4, -0.2) is 5.78 Å². The minimum absolute atomic E-state index is 0.0929. The molecule has 0 spiro atoms. The van der Waals surface area contributed by atoms with E-state index in [9.17, 15) is 9.18 Å². The number of hydrogen-bond donors (Lipinski definition) is 2. The van der Waals surface area contributed by atoms with Gasteiger partial charge in [-0.25, -0.2) is 4.39 Å². The molecule has 1 atom stereocenters. The molecule has 20 heavy (non-hydrogen) atoms. The lowest BCUT2D eigenvalue weighted by Gasteiger charge is -2.17. The number of nitrogens with two attached hydrogens (primary N) is 1. The topological polar surface area (TPSA) is 55.1 Å². The molecule has 0 amide bonds. The van der Waals surface area contributed by atoms with E-state index in [2.05, 4.69) is 5.32 Å². The summed E-state index contributed by atoms with van der Waals surface area (Å²) in [5, 5.41) is 3.17. The lowest BCUT2D eigenvalue weighted by molar-refractivity contribution is 0.101. The largest absolute Gasteiger partial charge is 0.398 e. The van der Waals surface area contributed by atoms with E-state index in [-0.39, 0.29) is 17.6 Å². The number of rotatable bonds is 4. The van der Waals surface area contributed by atoms with E-state index in [1.54, 1.807) is 36.4 Å². The number of ketones is 1. The summed E-state index contributed by atoms with van der Waals surface area (Å²) < 4.78 is 13.7. The summed E-state index contributed by atoms with van der Waals surface area (Å²) in [6, 6.07) is 11.5. The zero-order valence-electron chi connectivity index (χ0n) is 11.5. The molecule has 104 valence electrons. The van der Waals surface area contributed by atoms with Crippen molar-refractivity contribution >= 4 is 17.2 Å². The van der Waals surface area contributed by atoms with Crippen molar-refractivity contribution in [2.45, 2.75) is 19.9 Å². The van der Waals surface area contributed by atoms with Gasteiger partial charge in [-0.2, -0.15) is 0 Å². The Morgan fingerprint density at radius 3 is 2.60 bits per heavy atom. The van der Waals surface area contributed by atoms with E-state index in [0.717, 1.165) is 5.69 Å². The molecule has 0 aromatic heterocycles. The highest BCUT2D eigenvalue weighted by Gasteiger charge is 2.11. The number of benzene rings is 2. The fraction of sp³-hybridized carbons (Fsp3) is 0.188. The number of anilines is 2. The van der Waals surface area contributed by atoms with Gasteiger partial charge in [0.2, 0.25) is 0 Å². The smallest absolute Gasteiger partial charge is 0.161 e. The highest BCUT2D eigenvalue weighted by molar-refractivity contribution is 6.00. The Morgan fingerprint density at radius 1 is 1.25 bits per heavy atom. The predicted molar refractivity (Wildman–Crippen MR) is 79.3 cm³/mol. The summed E-state index contributed by atoms with van der Waals surface area (Å²) in [6.45, 7) is 3.33. The van der Waals surface area contributed by atoms with E-state index in [0.29, 0.717) is 16.8 Å². The van der Waals surface area contributed by atoms with Crippen molar-refractivity contribution in [1.29, 1.82) is 0 Å². The maximum absolute atomic E-state index is 13.7. The molecular weight excluding hydrogens is 255 g/mol. The molecule has 0 saturated heterocycles. The lowest BCUT2D eigenvalue weighted by atomic mass is 10.1. The van der Waals surface area contributed by atoms with Crippen molar-refractivity contribution in [3.63, 3.8) is 0 Å². The third-order valence-electron chi connectivity index (χ3n) is 3.19. The fourth-order valence-corrected chi connectivity index (χ4v) is 2.10. The van der Waals surface area contributed by atoms with Gasteiger partial charge in [-0.1, -0.05) is 18.2 Å². The van der Waals surface area contributed by atoms with E-state index in [1.807, 2.05) is 6.92 Å². The second kappa shape index (κ2) is 5.74. The number of nitrogens with one attached hydrogen (secondary N) is 1. The summed E-state index contributed by atoms with van der Waals surface area (Å²) in [4.78, 5) is 11.5. The Hall–Kier alpha value is -2.36. The summed E-state index contributed by atoms with van der Waals surface area (Å²) in [7, 11) is 0. The van der Waals surface area contributed by atoms with Crippen LogP contribution in [0.3, 0.4) is 0 Å². The maximum Gasteiger partial charge on any atom is 0.161 e. The van der Waals surface area contributed by atoms with E-state index in [1.165, 1.54) is 13.0 Å².